The van der Waals surface area contributed by atoms with Gasteiger partial charge in [0.25, 0.3) is 0 Å². The summed E-state index contributed by atoms with van der Waals surface area (Å²) in [6.45, 7) is 2.18. The van der Waals surface area contributed by atoms with Gasteiger partial charge in [-0.1, -0.05) is 60.7 Å². The average molecular weight is 357 g/mol. The maximum atomic E-state index is 12.0. The predicted octanol–water partition coefficient (Wildman–Crippen LogP) is 3.36. The fourth-order valence-corrected chi connectivity index (χ4v) is 2.36. The molecule has 0 bridgehead atoms. The summed E-state index contributed by atoms with van der Waals surface area (Å²) in [6.07, 6.45) is -1.41. The molecule has 0 spiro atoms. The van der Waals surface area contributed by atoms with E-state index in [2.05, 4.69) is 5.32 Å². The first-order valence-corrected chi connectivity index (χ1v) is 8.39. The zero-order valence-electron chi connectivity index (χ0n) is 14.6. The number of alkyl carbamates (subject to hydrolysis) is 1. The van der Waals surface area contributed by atoms with Crippen LogP contribution in [0.3, 0.4) is 0 Å². The van der Waals surface area contributed by atoms with E-state index >= 15 is 0 Å². The summed E-state index contributed by atoms with van der Waals surface area (Å²) in [6, 6.07) is 18.1. The highest BCUT2D eigenvalue weighted by Gasteiger charge is 2.24. The molecule has 26 heavy (non-hydrogen) atoms. The highest BCUT2D eigenvalue weighted by atomic mass is 16.5. The van der Waals surface area contributed by atoms with Gasteiger partial charge < -0.3 is 19.9 Å². The molecule has 2 atom stereocenters. The normalized spacial score (nSPS) is 12.8. The lowest BCUT2D eigenvalue weighted by atomic mass is 10.1. The van der Waals surface area contributed by atoms with Crippen LogP contribution in [0.2, 0.25) is 0 Å². The van der Waals surface area contributed by atoms with E-state index in [9.17, 15) is 9.59 Å². The first-order valence-electron chi connectivity index (χ1n) is 8.39. The number of nitrogens with one attached hydrogen (secondary N) is 1. The van der Waals surface area contributed by atoms with E-state index in [0.29, 0.717) is 6.61 Å². The van der Waals surface area contributed by atoms with Gasteiger partial charge in [-0.25, -0.2) is 4.79 Å². The Morgan fingerprint density at radius 3 is 2.04 bits per heavy atom. The van der Waals surface area contributed by atoms with Gasteiger partial charge in [0.15, 0.2) is 0 Å². The smallest absolute Gasteiger partial charge is 0.407 e. The molecule has 1 amide bonds. The van der Waals surface area contributed by atoms with Crippen molar-refractivity contribution in [2.24, 2.45) is 0 Å². The average Bonchev–Trinajstić information content (AvgIpc) is 2.65. The molecule has 138 valence electrons. The summed E-state index contributed by atoms with van der Waals surface area (Å²) in [4.78, 5) is 23.1. The van der Waals surface area contributed by atoms with Crippen molar-refractivity contribution >= 4 is 12.1 Å². The molecule has 2 rings (SSSR count). The summed E-state index contributed by atoms with van der Waals surface area (Å²) >= 11 is 0. The fourth-order valence-electron chi connectivity index (χ4n) is 2.36. The minimum Gasteiger partial charge on any atom is -0.481 e. The van der Waals surface area contributed by atoms with Gasteiger partial charge in [0.2, 0.25) is 0 Å². The Labute approximate surface area is 152 Å². The number of carboxylic acids is 1. The Bertz CT molecular complexity index is 690. The third-order valence-electron chi connectivity index (χ3n) is 3.83. The van der Waals surface area contributed by atoms with Gasteiger partial charge in [-0.15, -0.1) is 0 Å². The van der Waals surface area contributed by atoms with Gasteiger partial charge >= 0.3 is 12.1 Å². The van der Waals surface area contributed by atoms with Crippen LogP contribution in [-0.4, -0.2) is 29.3 Å². The van der Waals surface area contributed by atoms with Crippen LogP contribution < -0.4 is 5.32 Å². The standard InChI is InChI=1S/C20H23NO5/c1-15(25-13-16-8-4-2-5-9-16)18(12-19(22)23)21-20(24)26-14-17-10-6-3-7-11-17/h2-11,15,18H,12-14H2,1H3,(H,21,24)(H,22,23)/t15-,18+/m0/s1. The number of hydrogen-bond acceptors (Lipinski definition) is 4. The van der Waals surface area contributed by atoms with Gasteiger partial charge in [-0.05, 0) is 18.1 Å². The monoisotopic (exact) mass is 357 g/mol. The maximum Gasteiger partial charge on any atom is 0.407 e. The molecule has 6 nitrogen and oxygen atoms in total. The SMILES string of the molecule is C[C@H](OCc1ccccc1)[C@@H](CC(=O)O)NC(=O)OCc1ccccc1. The van der Waals surface area contributed by atoms with Crippen LogP contribution in [0.25, 0.3) is 0 Å². The molecule has 0 radical (unpaired) electrons. The van der Waals surface area contributed by atoms with Gasteiger partial charge in [0.05, 0.1) is 25.2 Å². The van der Waals surface area contributed by atoms with E-state index in [4.69, 9.17) is 14.6 Å². The molecular formula is C20H23NO5. The van der Waals surface area contributed by atoms with Crippen LogP contribution in [0.15, 0.2) is 60.7 Å². The lowest BCUT2D eigenvalue weighted by molar-refractivity contribution is -0.138. The van der Waals surface area contributed by atoms with Gasteiger partial charge in [-0.3, -0.25) is 4.79 Å². The fraction of sp³-hybridized carbons (Fsp3) is 0.300. The Balaban J connectivity index is 1.86. The van der Waals surface area contributed by atoms with E-state index in [1.54, 1.807) is 6.92 Å². The second-order valence-electron chi connectivity index (χ2n) is 5.91. The molecule has 0 aliphatic heterocycles. The lowest BCUT2D eigenvalue weighted by Gasteiger charge is -2.24. The molecule has 2 aromatic rings. The third-order valence-corrected chi connectivity index (χ3v) is 3.83. The van der Waals surface area contributed by atoms with Gasteiger partial charge in [-0.2, -0.15) is 0 Å². The van der Waals surface area contributed by atoms with Gasteiger partial charge in [0.1, 0.15) is 6.61 Å². The number of amides is 1. The van der Waals surface area contributed by atoms with Crippen molar-refractivity contribution in [1.82, 2.24) is 5.32 Å². The van der Waals surface area contributed by atoms with E-state index < -0.39 is 24.2 Å². The van der Waals surface area contributed by atoms with Crippen molar-refractivity contribution in [2.75, 3.05) is 0 Å². The molecule has 0 unspecified atom stereocenters. The van der Waals surface area contributed by atoms with E-state index in [0.717, 1.165) is 11.1 Å². The van der Waals surface area contributed by atoms with Crippen LogP contribution >= 0.6 is 0 Å². The minimum absolute atomic E-state index is 0.117. The van der Waals surface area contributed by atoms with Gasteiger partial charge in [0, 0.05) is 0 Å². The van der Waals surface area contributed by atoms with Crippen LogP contribution in [-0.2, 0) is 27.5 Å². The van der Waals surface area contributed by atoms with Crippen molar-refractivity contribution < 1.29 is 24.2 Å². The van der Waals surface area contributed by atoms with Crippen LogP contribution in [0.1, 0.15) is 24.5 Å². The topological polar surface area (TPSA) is 84.9 Å². The number of carbonyl (C=O) groups is 2. The Morgan fingerprint density at radius 1 is 0.962 bits per heavy atom. The summed E-state index contributed by atoms with van der Waals surface area (Å²) < 4.78 is 10.9. The summed E-state index contributed by atoms with van der Waals surface area (Å²) in [5.41, 5.74) is 1.82. The Morgan fingerprint density at radius 2 is 1.50 bits per heavy atom. The molecular weight excluding hydrogens is 334 g/mol. The summed E-state index contributed by atoms with van der Waals surface area (Å²) in [5, 5.41) is 11.7. The number of ether oxygens (including phenoxy) is 2. The van der Waals surface area contributed by atoms with E-state index in [1.165, 1.54) is 0 Å². The molecule has 0 aliphatic carbocycles. The zero-order chi connectivity index (χ0) is 18.8. The highest BCUT2D eigenvalue weighted by molar-refractivity contribution is 5.71. The molecule has 0 aliphatic rings. The van der Waals surface area contributed by atoms with Crippen LogP contribution in [0.5, 0.6) is 0 Å². The summed E-state index contributed by atoms with van der Waals surface area (Å²) in [5.74, 6) is -1.02. The van der Waals surface area contributed by atoms with Crippen LogP contribution in [0.4, 0.5) is 4.79 Å². The quantitative estimate of drug-likeness (QED) is 0.719. The number of hydrogen-bond donors (Lipinski definition) is 2. The second kappa shape index (κ2) is 10.2. The number of carboxylic acid groups (broad SMARTS) is 1. The zero-order valence-corrected chi connectivity index (χ0v) is 14.6. The van der Waals surface area contributed by atoms with Crippen LogP contribution in [0, 0.1) is 0 Å². The first-order chi connectivity index (χ1) is 12.5. The van der Waals surface area contributed by atoms with Crippen molar-refractivity contribution in [3.05, 3.63) is 71.8 Å². The number of carbonyl (C=O) groups excluding carboxylic acids is 1. The van der Waals surface area contributed by atoms with Crippen molar-refractivity contribution in [2.45, 2.75) is 38.7 Å². The molecule has 2 aromatic carbocycles. The molecule has 0 saturated carbocycles. The number of aliphatic carboxylic acids is 1. The maximum absolute atomic E-state index is 12.0. The lowest BCUT2D eigenvalue weighted by Crippen LogP contribution is -2.44. The predicted molar refractivity (Wildman–Crippen MR) is 96.5 cm³/mol. The largest absolute Gasteiger partial charge is 0.481 e. The molecule has 0 fully saturated rings. The summed E-state index contributed by atoms with van der Waals surface area (Å²) in [7, 11) is 0. The second-order valence-corrected chi connectivity index (χ2v) is 5.91. The van der Waals surface area contributed by atoms with Crippen molar-refractivity contribution in [3.63, 3.8) is 0 Å². The molecule has 0 saturated heterocycles. The third kappa shape index (κ3) is 6.94. The molecule has 0 heterocycles. The van der Waals surface area contributed by atoms with Crippen molar-refractivity contribution in [1.29, 1.82) is 0 Å². The first kappa shape index (κ1) is 19.5. The van der Waals surface area contributed by atoms with E-state index in [1.807, 2.05) is 60.7 Å². The number of rotatable bonds is 9. The molecule has 2 N–H and O–H groups in total. The highest BCUT2D eigenvalue weighted by Crippen LogP contribution is 2.09. The van der Waals surface area contributed by atoms with E-state index in [-0.39, 0.29) is 13.0 Å². The van der Waals surface area contributed by atoms with Crippen molar-refractivity contribution in [3.8, 4) is 0 Å². The number of benzene rings is 2. The minimum atomic E-state index is -1.02. The Hall–Kier alpha value is -2.86. The molecule has 6 heteroatoms. The Kier molecular flexibility index (Phi) is 7.64. The molecule has 0 aromatic heterocycles.